The van der Waals surface area contributed by atoms with Crippen LogP contribution in [0.4, 0.5) is 4.39 Å². The molecule has 0 spiro atoms. The summed E-state index contributed by atoms with van der Waals surface area (Å²) >= 11 is 6.04. The number of nitrogens with zero attached hydrogens (tertiary/aromatic N) is 2. The monoisotopic (exact) mass is 267 g/mol. The summed E-state index contributed by atoms with van der Waals surface area (Å²) in [6.45, 7) is 1.42. The molecule has 3 nitrogen and oxygen atoms in total. The lowest BCUT2D eigenvalue weighted by Crippen LogP contribution is -2.04. The Morgan fingerprint density at radius 3 is 2.89 bits per heavy atom. The van der Waals surface area contributed by atoms with Gasteiger partial charge in [0.1, 0.15) is 11.6 Å². The summed E-state index contributed by atoms with van der Waals surface area (Å²) in [5.74, 6) is 0.212. The third-order valence-electron chi connectivity index (χ3n) is 2.75. The maximum atomic E-state index is 13.8. The molecule has 0 aliphatic carbocycles. The third kappa shape index (κ3) is 2.71. The maximum Gasteiger partial charge on any atom is 0.144 e. The molecular formula is C13H15ClFN3. The van der Waals surface area contributed by atoms with E-state index in [4.69, 9.17) is 17.3 Å². The molecular weight excluding hydrogens is 253 g/mol. The molecule has 2 aromatic rings. The van der Waals surface area contributed by atoms with Crippen LogP contribution in [-0.4, -0.2) is 16.1 Å². The van der Waals surface area contributed by atoms with Crippen molar-refractivity contribution < 1.29 is 4.39 Å². The van der Waals surface area contributed by atoms with Gasteiger partial charge in [0.25, 0.3) is 0 Å². The Morgan fingerprint density at radius 1 is 1.33 bits per heavy atom. The molecule has 0 bridgehead atoms. The molecule has 5 heteroatoms. The molecule has 0 radical (unpaired) electrons. The van der Waals surface area contributed by atoms with Crippen molar-refractivity contribution >= 4 is 11.6 Å². The Hall–Kier alpha value is -1.39. The minimum Gasteiger partial charge on any atom is -0.331 e. The lowest BCUT2D eigenvalue weighted by atomic mass is 10.2. The summed E-state index contributed by atoms with van der Waals surface area (Å²) in [6.07, 6.45) is 5.35. The van der Waals surface area contributed by atoms with Crippen molar-refractivity contribution in [2.24, 2.45) is 5.73 Å². The standard InChI is InChI=1S/C13H15ClFN3/c14-10-4-3-5-11(15)12(10)13-17-7-9-18(13)8-2-1-6-16/h3-5,7,9H,1-2,6,8,16H2. The normalized spacial score (nSPS) is 10.8. The highest BCUT2D eigenvalue weighted by Crippen LogP contribution is 2.29. The predicted octanol–water partition coefficient (Wildman–Crippen LogP) is 3.08. The van der Waals surface area contributed by atoms with Gasteiger partial charge < -0.3 is 10.3 Å². The summed E-state index contributed by atoms with van der Waals surface area (Å²) in [4.78, 5) is 4.19. The van der Waals surface area contributed by atoms with E-state index >= 15 is 0 Å². The smallest absolute Gasteiger partial charge is 0.144 e. The molecule has 2 N–H and O–H groups in total. The van der Waals surface area contributed by atoms with Gasteiger partial charge in [0.05, 0.1) is 10.6 Å². The van der Waals surface area contributed by atoms with Crippen LogP contribution in [0.25, 0.3) is 11.4 Å². The quantitative estimate of drug-likeness (QED) is 0.846. The zero-order valence-corrected chi connectivity index (χ0v) is 10.7. The molecule has 0 saturated carbocycles. The van der Waals surface area contributed by atoms with E-state index in [2.05, 4.69) is 4.98 Å². The number of aromatic nitrogens is 2. The van der Waals surface area contributed by atoms with Crippen LogP contribution in [0.2, 0.25) is 5.02 Å². The van der Waals surface area contributed by atoms with E-state index in [1.54, 1.807) is 18.3 Å². The Bertz CT molecular complexity index is 504. The van der Waals surface area contributed by atoms with Crippen molar-refractivity contribution in [1.82, 2.24) is 9.55 Å². The average Bonchev–Trinajstić information content (AvgIpc) is 2.78. The Labute approximate surface area is 110 Å². The number of unbranched alkanes of at least 4 members (excludes halogenated alkanes) is 1. The maximum absolute atomic E-state index is 13.8. The van der Waals surface area contributed by atoms with E-state index in [0.29, 0.717) is 23.0 Å². The van der Waals surface area contributed by atoms with Crippen LogP contribution >= 0.6 is 11.6 Å². The first kappa shape index (κ1) is 13.1. The molecule has 0 atom stereocenters. The van der Waals surface area contributed by atoms with Crippen LogP contribution in [0.5, 0.6) is 0 Å². The van der Waals surface area contributed by atoms with E-state index in [1.165, 1.54) is 6.07 Å². The topological polar surface area (TPSA) is 43.8 Å². The number of hydrogen-bond acceptors (Lipinski definition) is 2. The van der Waals surface area contributed by atoms with Gasteiger partial charge >= 0.3 is 0 Å². The second kappa shape index (κ2) is 5.98. The van der Waals surface area contributed by atoms with Gasteiger partial charge in [-0.3, -0.25) is 0 Å². The molecule has 1 aromatic carbocycles. The first-order valence-corrected chi connectivity index (χ1v) is 6.27. The highest BCUT2D eigenvalue weighted by Gasteiger charge is 2.14. The van der Waals surface area contributed by atoms with Crippen molar-refractivity contribution in [2.75, 3.05) is 6.54 Å². The Morgan fingerprint density at radius 2 is 2.17 bits per heavy atom. The van der Waals surface area contributed by atoms with Crippen LogP contribution < -0.4 is 5.73 Å². The van der Waals surface area contributed by atoms with Gasteiger partial charge in [0.2, 0.25) is 0 Å². The number of hydrogen-bond donors (Lipinski definition) is 1. The molecule has 0 aliphatic heterocycles. The van der Waals surface area contributed by atoms with Gasteiger partial charge in [-0.15, -0.1) is 0 Å². The number of imidazole rings is 1. The molecule has 96 valence electrons. The fourth-order valence-corrected chi connectivity index (χ4v) is 2.10. The summed E-state index contributed by atoms with van der Waals surface area (Å²) < 4.78 is 15.7. The Balaban J connectivity index is 2.31. The zero-order valence-electron chi connectivity index (χ0n) is 9.94. The van der Waals surface area contributed by atoms with Crippen LogP contribution in [0.3, 0.4) is 0 Å². The van der Waals surface area contributed by atoms with E-state index in [-0.39, 0.29) is 5.82 Å². The number of benzene rings is 1. The Kier molecular flexibility index (Phi) is 4.33. The van der Waals surface area contributed by atoms with Crippen molar-refractivity contribution in [1.29, 1.82) is 0 Å². The summed E-state index contributed by atoms with van der Waals surface area (Å²) in [6, 6.07) is 4.64. The predicted molar refractivity (Wildman–Crippen MR) is 70.9 cm³/mol. The van der Waals surface area contributed by atoms with E-state index < -0.39 is 0 Å². The molecule has 18 heavy (non-hydrogen) atoms. The second-order valence-electron chi connectivity index (χ2n) is 4.04. The highest BCUT2D eigenvalue weighted by molar-refractivity contribution is 6.33. The van der Waals surface area contributed by atoms with Crippen molar-refractivity contribution in [3.05, 3.63) is 41.4 Å². The molecule has 0 fully saturated rings. The molecule has 0 amide bonds. The fraction of sp³-hybridized carbons (Fsp3) is 0.308. The average molecular weight is 268 g/mol. The first-order chi connectivity index (χ1) is 8.74. The van der Waals surface area contributed by atoms with Crippen LogP contribution in [0.1, 0.15) is 12.8 Å². The molecule has 0 aliphatic rings. The number of halogens is 2. The van der Waals surface area contributed by atoms with Crippen LogP contribution in [-0.2, 0) is 6.54 Å². The number of aryl methyl sites for hydroxylation is 1. The summed E-state index contributed by atoms with van der Waals surface area (Å²) in [7, 11) is 0. The van der Waals surface area contributed by atoms with Gasteiger partial charge in [0.15, 0.2) is 0 Å². The minimum absolute atomic E-state index is 0.353. The first-order valence-electron chi connectivity index (χ1n) is 5.89. The van der Waals surface area contributed by atoms with E-state index in [9.17, 15) is 4.39 Å². The van der Waals surface area contributed by atoms with Gasteiger partial charge in [-0.25, -0.2) is 9.37 Å². The minimum atomic E-state index is -0.353. The SMILES string of the molecule is NCCCCn1ccnc1-c1c(F)cccc1Cl. The van der Waals surface area contributed by atoms with Crippen molar-refractivity contribution in [3.8, 4) is 11.4 Å². The van der Waals surface area contributed by atoms with Gasteiger partial charge in [0, 0.05) is 18.9 Å². The summed E-state index contributed by atoms with van der Waals surface area (Å²) in [5.41, 5.74) is 5.82. The number of nitrogens with two attached hydrogens (primary N) is 1. The van der Waals surface area contributed by atoms with Crippen molar-refractivity contribution in [2.45, 2.75) is 19.4 Å². The van der Waals surface area contributed by atoms with E-state index in [1.807, 2.05) is 10.8 Å². The van der Waals surface area contributed by atoms with Gasteiger partial charge in [-0.2, -0.15) is 0 Å². The van der Waals surface area contributed by atoms with Crippen molar-refractivity contribution in [3.63, 3.8) is 0 Å². The highest BCUT2D eigenvalue weighted by atomic mass is 35.5. The molecule has 0 saturated heterocycles. The second-order valence-corrected chi connectivity index (χ2v) is 4.44. The molecule has 2 rings (SSSR count). The zero-order chi connectivity index (χ0) is 13.0. The largest absolute Gasteiger partial charge is 0.331 e. The van der Waals surface area contributed by atoms with E-state index in [0.717, 1.165) is 19.4 Å². The van der Waals surface area contributed by atoms with Crippen LogP contribution in [0, 0.1) is 5.82 Å². The molecule has 1 heterocycles. The molecule has 0 unspecified atom stereocenters. The lowest BCUT2D eigenvalue weighted by Gasteiger charge is -2.09. The number of rotatable bonds is 5. The summed E-state index contributed by atoms with van der Waals surface area (Å²) in [5, 5.41) is 0.376. The van der Waals surface area contributed by atoms with Crippen LogP contribution in [0.15, 0.2) is 30.6 Å². The van der Waals surface area contributed by atoms with Gasteiger partial charge in [-0.1, -0.05) is 17.7 Å². The fourth-order valence-electron chi connectivity index (χ4n) is 1.86. The van der Waals surface area contributed by atoms with Gasteiger partial charge in [-0.05, 0) is 31.5 Å². The lowest BCUT2D eigenvalue weighted by molar-refractivity contribution is 0.607. The third-order valence-corrected chi connectivity index (χ3v) is 3.07. The molecule has 1 aromatic heterocycles.